The summed E-state index contributed by atoms with van der Waals surface area (Å²) < 4.78 is 7.36. The van der Waals surface area contributed by atoms with Gasteiger partial charge in [-0.25, -0.2) is 4.98 Å². The molecule has 1 aromatic rings. The van der Waals surface area contributed by atoms with Crippen molar-refractivity contribution < 1.29 is 4.74 Å². The maximum absolute atomic E-state index is 5.64. The van der Waals surface area contributed by atoms with Crippen LogP contribution in [0.25, 0.3) is 0 Å². The first kappa shape index (κ1) is 8.08. The largest absolute Gasteiger partial charge is 0.379 e. The number of nitrogens with zero attached hydrogens (tertiary/aromatic N) is 2. The second-order valence-electron chi connectivity index (χ2n) is 2.96. The highest BCUT2D eigenvalue weighted by Crippen LogP contribution is 2.18. The lowest BCUT2D eigenvalue weighted by Crippen LogP contribution is -2.05. The summed E-state index contributed by atoms with van der Waals surface area (Å²) in [5, 5.41) is 0. The van der Waals surface area contributed by atoms with Crippen molar-refractivity contribution in [2.75, 3.05) is 13.2 Å². The van der Waals surface area contributed by atoms with Gasteiger partial charge in [-0.15, -0.1) is 11.6 Å². The first-order valence-electron chi connectivity index (χ1n) is 4.06. The fraction of sp³-hybridized carbons (Fsp3) is 0.625. The highest BCUT2D eigenvalue weighted by atomic mass is 35.5. The molecule has 1 aliphatic heterocycles. The van der Waals surface area contributed by atoms with E-state index in [1.54, 1.807) is 0 Å². The van der Waals surface area contributed by atoms with Gasteiger partial charge >= 0.3 is 0 Å². The first-order valence-corrected chi connectivity index (χ1v) is 4.59. The Hall–Kier alpha value is -0.540. The Morgan fingerprint density at radius 2 is 2.67 bits per heavy atom. The summed E-state index contributed by atoms with van der Waals surface area (Å²) in [7, 11) is 0. The van der Waals surface area contributed by atoms with Crippen LogP contribution in [0, 0.1) is 0 Å². The summed E-state index contributed by atoms with van der Waals surface area (Å²) in [6, 6.07) is 0.467. The van der Waals surface area contributed by atoms with E-state index in [2.05, 4.69) is 9.55 Å². The van der Waals surface area contributed by atoms with Crippen molar-refractivity contribution in [2.45, 2.75) is 18.3 Å². The lowest BCUT2D eigenvalue weighted by Gasteiger charge is -2.07. The molecule has 2 rings (SSSR count). The van der Waals surface area contributed by atoms with E-state index in [0.717, 1.165) is 25.3 Å². The Bertz CT molecular complexity index is 255. The van der Waals surface area contributed by atoms with Gasteiger partial charge in [0.05, 0.1) is 30.5 Å². The smallest absolute Gasteiger partial charge is 0.0953 e. The Labute approximate surface area is 76.3 Å². The van der Waals surface area contributed by atoms with Crippen molar-refractivity contribution in [1.82, 2.24) is 9.55 Å². The molecule has 0 aromatic carbocycles. The Kier molecular flexibility index (Phi) is 2.33. The fourth-order valence-corrected chi connectivity index (χ4v) is 1.54. The summed E-state index contributed by atoms with van der Waals surface area (Å²) in [5.41, 5.74) is 0.934. The molecule has 0 saturated carbocycles. The van der Waals surface area contributed by atoms with Gasteiger partial charge in [-0.05, 0) is 6.42 Å². The monoisotopic (exact) mass is 186 g/mol. The normalized spacial score (nSPS) is 23.2. The molecule has 1 fully saturated rings. The molecular formula is C8H11ClN2O. The molecule has 0 spiro atoms. The van der Waals surface area contributed by atoms with Gasteiger partial charge in [-0.1, -0.05) is 0 Å². The van der Waals surface area contributed by atoms with Crippen LogP contribution < -0.4 is 0 Å². The third-order valence-corrected chi connectivity index (χ3v) is 2.39. The SMILES string of the molecule is ClCc1cn(C2CCOC2)cn1. The molecule has 12 heavy (non-hydrogen) atoms. The molecule has 0 aliphatic carbocycles. The molecule has 0 radical (unpaired) electrons. The topological polar surface area (TPSA) is 27.1 Å². The highest BCUT2D eigenvalue weighted by molar-refractivity contribution is 6.16. The molecule has 1 aliphatic rings. The zero-order valence-corrected chi connectivity index (χ0v) is 7.50. The fourth-order valence-electron chi connectivity index (χ4n) is 1.41. The molecule has 1 aromatic heterocycles. The van der Waals surface area contributed by atoms with Crippen molar-refractivity contribution >= 4 is 11.6 Å². The molecule has 4 heteroatoms. The average molecular weight is 187 g/mol. The van der Waals surface area contributed by atoms with Crippen LogP contribution in [0.2, 0.25) is 0 Å². The van der Waals surface area contributed by atoms with Crippen LogP contribution in [0.5, 0.6) is 0 Å². The van der Waals surface area contributed by atoms with Gasteiger partial charge in [0, 0.05) is 12.8 Å². The van der Waals surface area contributed by atoms with Gasteiger partial charge in [0.15, 0.2) is 0 Å². The summed E-state index contributed by atoms with van der Waals surface area (Å²) >= 11 is 5.64. The van der Waals surface area contributed by atoms with E-state index in [1.165, 1.54) is 0 Å². The number of aromatic nitrogens is 2. The van der Waals surface area contributed by atoms with E-state index >= 15 is 0 Å². The number of rotatable bonds is 2. The summed E-state index contributed by atoms with van der Waals surface area (Å²) in [4.78, 5) is 4.15. The predicted octanol–water partition coefficient (Wildman–Crippen LogP) is 1.58. The molecule has 1 saturated heterocycles. The molecular weight excluding hydrogens is 176 g/mol. The lowest BCUT2D eigenvalue weighted by atomic mass is 10.3. The van der Waals surface area contributed by atoms with E-state index in [0.29, 0.717) is 11.9 Å². The summed E-state index contributed by atoms with van der Waals surface area (Å²) in [6.45, 7) is 1.66. The summed E-state index contributed by atoms with van der Waals surface area (Å²) in [6.07, 6.45) is 4.90. The van der Waals surface area contributed by atoms with Crippen molar-refractivity contribution in [3.05, 3.63) is 18.2 Å². The highest BCUT2D eigenvalue weighted by Gasteiger charge is 2.17. The van der Waals surface area contributed by atoms with Gasteiger partial charge in [-0.2, -0.15) is 0 Å². The molecule has 1 atom stereocenters. The summed E-state index contributed by atoms with van der Waals surface area (Å²) in [5.74, 6) is 0.487. The van der Waals surface area contributed by atoms with Gasteiger partial charge in [-0.3, -0.25) is 0 Å². The van der Waals surface area contributed by atoms with Gasteiger partial charge in [0.25, 0.3) is 0 Å². The van der Waals surface area contributed by atoms with Gasteiger partial charge < -0.3 is 9.30 Å². The van der Waals surface area contributed by atoms with E-state index in [9.17, 15) is 0 Å². The zero-order valence-electron chi connectivity index (χ0n) is 6.74. The van der Waals surface area contributed by atoms with Crippen LogP contribution >= 0.6 is 11.6 Å². The zero-order chi connectivity index (χ0) is 8.39. The Balaban J connectivity index is 2.11. The van der Waals surface area contributed by atoms with Crippen molar-refractivity contribution in [2.24, 2.45) is 0 Å². The standard InChI is InChI=1S/C8H11ClN2O/c9-3-7-4-11(6-10-7)8-1-2-12-5-8/h4,6,8H,1-3,5H2. The van der Waals surface area contributed by atoms with E-state index in [1.807, 2.05) is 12.5 Å². The Morgan fingerprint density at radius 3 is 3.25 bits per heavy atom. The molecule has 3 nitrogen and oxygen atoms in total. The van der Waals surface area contributed by atoms with Crippen molar-refractivity contribution in [1.29, 1.82) is 0 Å². The number of hydrogen-bond donors (Lipinski definition) is 0. The maximum Gasteiger partial charge on any atom is 0.0953 e. The molecule has 0 N–H and O–H groups in total. The molecule has 0 bridgehead atoms. The number of hydrogen-bond acceptors (Lipinski definition) is 2. The minimum Gasteiger partial charge on any atom is -0.379 e. The van der Waals surface area contributed by atoms with Crippen LogP contribution in [0.1, 0.15) is 18.2 Å². The third-order valence-electron chi connectivity index (χ3n) is 2.12. The molecule has 2 heterocycles. The van der Waals surface area contributed by atoms with Crippen LogP contribution in [-0.2, 0) is 10.6 Å². The minimum absolute atomic E-state index is 0.467. The number of ether oxygens (including phenoxy) is 1. The second-order valence-corrected chi connectivity index (χ2v) is 3.23. The van der Waals surface area contributed by atoms with E-state index in [4.69, 9.17) is 16.3 Å². The van der Waals surface area contributed by atoms with Crippen molar-refractivity contribution in [3.63, 3.8) is 0 Å². The van der Waals surface area contributed by atoms with Crippen LogP contribution in [0.3, 0.4) is 0 Å². The second kappa shape index (κ2) is 3.46. The maximum atomic E-state index is 5.64. The minimum atomic E-state index is 0.467. The number of imidazole rings is 1. The lowest BCUT2D eigenvalue weighted by molar-refractivity contribution is 0.186. The predicted molar refractivity (Wildman–Crippen MR) is 46.3 cm³/mol. The van der Waals surface area contributed by atoms with Gasteiger partial charge in [0.2, 0.25) is 0 Å². The quantitative estimate of drug-likeness (QED) is 0.656. The van der Waals surface area contributed by atoms with Crippen molar-refractivity contribution in [3.8, 4) is 0 Å². The first-order chi connectivity index (χ1) is 5.90. The third kappa shape index (κ3) is 1.47. The van der Waals surface area contributed by atoms with E-state index in [-0.39, 0.29) is 0 Å². The number of alkyl halides is 1. The molecule has 0 amide bonds. The van der Waals surface area contributed by atoms with Crippen LogP contribution in [0.15, 0.2) is 12.5 Å². The molecule has 1 unspecified atom stereocenters. The Morgan fingerprint density at radius 1 is 1.75 bits per heavy atom. The van der Waals surface area contributed by atoms with Gasteiger partial charge in [0.1, 0.15) is 0 Å². The number of halogens is 1. The van der Waals surface area contributed by atoms with E-state index < -0.39 is 0 Å². The van der Waals surface area contributed by atoms with Crippen LogP contribution in [-0.4, -0.2) is 22.8 Å². The molecule has 66 valence electrons. The average Bonchev–Trinajstić information content (AvgIpc) is 2.75. The van der Waals surface area contributed by atoms with Crippen LogP contribution in [0.4, 0.5) is 0 Å².